The molecule has 1 fully saturated rings. The molecule has 0 aromatic rings. The fourth-order valence-electron chi connectivity index (χ4n) is 0.782. The van der Waals surface area contributed by atoms with E-state index < -0.39 is 0 Å². The third kappa shape index (κ3) is 0.661. The first-order valence-electron chi connectivity index (χ1n) is 2.64. The zero-order valence-electron chi connectivity index (χ0n) is 4.39. The maximum atomic E-state index is 9.85. The lowest BCUT2D eigenvalue weighted by molar-refractivity contribution is 0.305. The van der Waals surface area contributed by atoms with Crippen LogP contribution >= 0.6 is 0 Å². The Kier molecular flexibility index (Phi) is 1.42. The van der Waals surface area contributed by atoms with E-state index in [2.05, 4.69) is 0 Å². The minimum atomic E-state index is -0.132. The second-order valence-electron chi connectivity index (χ2n) is 2.03. The van der Waals surface area contributed by atoms with Crippen molar-refractivity contribution in [3.63, 3.8) is 0 Å². The molecule has 8 heavy (non-hydrogen) atoms. The predicted octanol–water partition coefficient (Wildman–Crippen LogP) is 0.232. The van der Waals surface area contributed by atoms with Crippen LogP contribution in [-0.2, 0) is 9.59 Å². The lowest BCUT2D eigenvalue weighted by Crippen LogP contribution is -2.27. The van der Waals surface area contributed by atoms with Crippen LogP contribution in [0.15, 0.2) is 0 Å². The quantitative estimate of drug-likeness (QED) is 0.510. The molecule has 2 unspecified atom stereocenters. The zero-order valence-corrected chi connectivity index (χ0v) is 4.39. The van der Waals surface area contributed by atoms with Crippen molar-refractivity contribution in [3.8, 4) is 0 Å². The van der Waals surface area contributed by atoms with Gasteiger partial charge in [-0.25, -0.2) is 0 Å². The van der Waals surface area contributed by atoms with Crippen molar-refractivity contribution in [2.45, 2.75) is 12.8 Å². The van der Waals surface area contributed by atoms with Gasteiger partial charge in [-0.1, -0.05) is 0 Å². The van der Waals surface area contributed by atoms with Crippen LogP contribution in [0.4, 0.5) is 0 Å². The van der Waals surface area contributed by atoms with Gasteiger partial charge in [0.15, 0.2) is 0 Å². The Morgan fingerprint density at radius 2 is 1.38 bits per heavy atom. The van der Waals surface area contributed by atoms with Crippen molar-refractivity contribution >= 4 is 12.6 Å². The SMILES string of the molecule is O=[C]C1CCC1[C]=O. The van der Waals surface area contributed by atoms with E-state index in [0.29, 0.717) is 0 Å². The van der Waals surface area contributed by atoms with Crippen LogP contribution in [0, 0.1) is 11.8 Å². The number of carbonyl (C=O) groups excluding carboxylic acids is 2. The van der Waals surface area contributed by atoms with Crippen LogP contribution in [-0.4, -0.2) is 12.6 Å². The Bertz CT molecular complexity index is 95.1. The second-order valence-corrected chi connectivity index (χ2v) is 2.03. The third-order valence-corrected chi connectivity index (χ3v) is 1.58. The van der Waals surface area contributed by atoms with Crippen LogP contribution in [0.2, 0.25) is 0 Å². The van der Waals surface area contributed by atoms with Crippen molar-refractivity contribution in [2.75, 3.05) is 0 Å². The number of rotatable bonds is 2. The molecule has 2 atom stereocenters. The standard InChI is InChI=1S/C6H6O2/c7-3-5-1-2-6(5)4-8/h5-6H,1-2H2. The van der Waals surface area contributed by atoms with Crippen molar-refractivity contribution in [3.05, 3.63) is 0 Å². The maximum absolute atomic E-state index is 9.85. The Balaban J connectivity index is 2.36. The monoisotopic (exact) mass is 110 g/mol. The predicted molar refractivity (Wildman–Crippen MR) is 27.6 cm³/mol. The molecule has 0 aromatic heterocycles. The molecule has 1 aliphatic carbocycles. The first-order chi connectivity index (χ1) is 3.88. The summed E-state index contributed by atoms with van der Waals surface area (Å²) in [5, 5.41) is 0. The minimum absolute atomic E-state index is 0.132. The molecule has 0 bridgehead atoms. The second kappa shape index (κ2) is 2.07. The van der Waals surface area contributed by atoms with Gasteiger partial charge in [0.2, 0.25) is 12.6 Å². The molecule has 0 spiro atoms. The Morgan fingerprint density at radius 1 is 1.00 bits per heavy atom. The molecule has 1 aliphatic rings. The summed E-state index contributed by atoms with van der Waals surface area (Å²) in [5.41, 5.74) is 0. The van der Waals surface area contributed by atoms with Gasteiger partial charge in [-0.2, -0.15) is 0 Å². The Morgan fingerprint density at radius 3 is 1.50 bits per heavy atom. The molecule has 0 amide bonds. The largest absolute Gasteiger partial charge is 0.291 e. The molecule has 2 nitrogen and oxygen atoms in total. The van der Waals surface area contributed by atoms with Gasteiger partial charge in [0.25, 0.3) is 0 Å². The van der Waals surface area contributed by atoms with Gasteiger partial charge in [0.1, 0.15) is 0 Å². The van der Waals surface area contributed by atoms with Crippen LogP contribution in [0.5, 0.6) is 0 Å². The topological polar surface area (TPSA) is 34.1 Å². The van der Waals surface area contributed by atoms with Crippen LogP contribution < -0.4 is 0 Å². The highest BCUT2D eigenvalue weighted by Crippen LogP contribution is 2.30. The van der Waals surface area contributed by atoms with E-state index in [-0.39, 0.29) is 11.8 Å². The lowest BCUT2D eigenvalue weighted by Gasteiger charge is -2.25. The molecule has 2 radical (unpaired) electrons. The van der Waals surface area contributed by atoms with Crippen molar-refractivity contribution < 1.29 is 9.59 Å². The maximum Gasteiger partial charge on any atom is 0.202 e. The van der Waals surface area contributed by atoms with Gasteiger partial charge in [-0.3, -0.25) is 9.59 Å². The summed E-state index contributed by atoms with van der Waals surface area (Å²) in [7, 11) is 0. The van der Waals surface area contributed by atoms with Crippen LogP contribution in [0.1, 0.15) is 12.8 Å². The van der Waals surface area contributed by atoms with Crippen molar-refractivity contribution in [1.82, 2.24) is 0 Å². The molecular formula is C6H6O2. The molecule has 0 heterocycles. The first-order valence-corrected chi connectivity index (χ1v) is 2.64. The molecular weight excluding hydrogens is 104 g/mol. The van der Waals surface area contributed by atoms with Gasteiger partial charge in [0, 0.05) is 11.8 Å². The summed E-state index contributed by atoms with van der Waals surface area (Å²) in [6.45, 7) is 0. The number of hydrogen-bond donors (Lipinski definition) is 0. The summed E-state index contributed by atoms with van der Waals surface area (Å²) in [6.07, 6.45) is 5.23. The zero-order chi connectivity index (χ0) is 5.98. The molecule has 0 N–H and O–H groups in total. The minimum Gasteiger partial charge on any atom is -0.291 e. The van der Waals surface area contributed by atoms with E-state index in [1.807, 2.05) is 0 Å². The van der Waals surface area contributed by atoms with Crippen molar-refractivity contribution in [1.29, 1.82) is 0 Å². The average Bonchev–Trinajstić information content (AvgIpc) is 1.66. The summed E-state index contributed by atoms with van der Waals surface area (Å²) < 4.78 is 0. The van der Waals surface area contributed by atoms with Gasteiger partial charge < -0.3 is 0 Å². The van der Waals surface area contributed by atoms with Crippen molar-refractivity contribution in [2.24, 2.45) is 11.8 Å². The molecule has 42 valence electrons. The normalized spacial score (nSPS) is 35.5. The van der Waals surface area contributed by atoms with Gasteiger partial charge in [0.05, 0.1) is 0 Å². The van der Waals surface area contributed by atoms with E-state index in [0.717, 1.165) is 12.8 Å². The Hall–Kier alpha value is -0.660. The van der Waals surface area contributed by atoms with E-state index in [1.54, 1.807) is 12.6 Å². The molecule has 0 aromatic carbocycles. The van der Waals surface area contributed by atoms with Gasteiger partial charge in [-0.15, -0.1) is 0 Å². The summed E-state index contributed by atoms with van der Waals surface area (Å²) in [5.74, 6) is -0.264. The highest BCUT2D eigenvalue weighted by Gasteiger charge is 2.31. The van der Waals surface area contributed by atoms with E-state index >= 15 is 0 Å². The molecule has 1 rings (SSSR count). The third-order valence-electron chi connectivity index (χ3n) is 1.58. The van der Waals surface area contributed by atoms with Crippen LogP contribution in [0.25, 0.3) is 0 Å². The smallest absolute Gasteiger partial charge is 0.202 e. The van der Waals surface area contributed by atoms with E-state index in [4.69, 9.17) is 0 Å². The van der Waals surface area contributed by atoms with Crippen LogP contribution in [0.3, 0.4) is 0 Å². The molecule has 2 heteroatoms. The fraction of sp³-hybridized carbons (Fsp3) is 0.667. The highest BCUT2D eigenvalue weighted by atomic mass is 16.1. The van der Waals surface area contributed by atoms with E-state index in [1.165, 1.54) is 0 Å². The van der Waals surface area contributed by atoms with E-state index in [9.17, 15) is 9.59 Å². The lowest BCUT2D eigenvalue weighted by atomic mass is 9.76. The molecule has 1 saturated carbocycles. The molecule has 0 aliphatic heterocycles. The number of hydrogen-bond acceptors (Lipinski definition) is 2. The van der Waals surface area contributed by atoms with Gasteiger partial charge >= 0.3 is 0 Å². The van der Waals surface area contributed by atoms with Gasteiger partial charge in [-0.05, 0) is 12.8 Å². The first kappa shape index (κ1) is 5.48. The molecule has 0 saturated heterocycles. The highest BCUT2D eigenvalue weighted by molar-refractivity contribution is 5.67. The summed E-state index contributed by atoms with van der Waals surface area (Å²) in [6, 6.07) is 0. The summed E-state index contributed by atoms with van der Waals surface area (Å²) in [4.78, 5) is 19.7. The fourth-order valence-corrected chi connectivity index (χ4v) is 0.782. The summed E-state index contributed by atoms with van der Waals surface area (Å²) >= 11 is 0. The Labute approximate surface area is 47.9 Å². The average molecular weight is 110 g/mol.